The molecule has 42 heavy (non-hydrogen) atoms. The summed E-state index contributed by atoms with van der Waals surface area (Å²) in [6.45, 7) is 1.57. The molecule has 3 aliphatic heterocycles. The van der Waals surface area contributed by atoms with Crippen molar-refractivity contribution < 1.29 is 27.8 Å². The molecular formula is C30H30ClF2N5O4. The lowest BCUT2D eigenvalue weighted by Gasteiger charge is -2.33. The van der Waals surface area contributed by atoms with E-state index in [0.717, 1.165) is 31.6 Å². The minimum Gasteiger partial charge on any atom is -0.497 e. The monoisotopic (exact) mass is 597 g/mol. The standard InChI is InChI=1S/C30H30ClF2N5O4/c1-36-13-19-8-18(36)14-37(19)25-11-21(42-3)12-26(34-25)38-15-22(27-23(32)9-20(41-2)10-24(27)33)28(30(38)40)35-29(39)16-4-6-17(31)7-5-16/h4-7,9-12,18-19,22,28H,8,13-15H2,1-3H3,(H,35,39)/t18-,19-,22-,28-/m0/s1. The lowest BCUT2D eigenvalue weighted by Crippen LogP contribution is -2.45. The van der Waals surface area contributed by atoms with E-state index in [-0.39, 0.29) is 35.3 Å². The van der Waals surface area contributed by atoms with Crippen LogP contribution in [-0.4, -0.2) is 80.7 Å². The summed E-state index contributed by atoms with van der Waals surface area (Å²) < 4.78 is 41.3. The average Bonchev–Trinajstić information content (AvgIpc) is 3.65. The number of benzene rings is 2. The number of fused-ring (bicyclic) bond motifs is 2. The summed E-state index contributed by atoms with van der Waals surface area (Å²) in [4.78, 5) is 37.9. The molecule has 0 saturated carbocycles. The van der Waals surface area contributed by atoms with Crippen LogP contribution in [0.15, 0.2) is 48.5 Å². The molecule has 1 N–H and O–H groups in total. The van der Waals surface area contributed by atoms with Crippen molar-refractivity contribution in [1.29, 1.82) is 0 Å². The molecule has 2 amide bonds. The molecule has 3 aliphatic rings. The molecule has 12 heteroatoms. The number of ether oxygens (including phenoxy) is 2. The molecule has 2 bridgehead atoms. The Morgan fingerprint density at radius 2 is 1.60 bits per heavy atom. The largest absolute Gasteiger partial charge is 0.497 e. The number of hydrogen-bond acceptors (Lipinski definition) is 7. The van der Waals surface area contributed by atoms with E-state index in [0.29, 0.717) is 22.6 Å². The molecule has 3 fully saturated rings. The van der Waals surface area contributed by atoms with Crippen LogP contribution >= 0.6 is 11.6 Å². The second-order valence-corrected chi connectivity index (χ2v) is 11.3. The minimum absolute atomic E-state index is 0.00124. The number of amides is 2. The summed E-state index contributed by atoms with van der Waals surface area (Å²) >= 11 is 5.96. The van der Waals surface area contributed by atoms with Crippen molar-refractivity contribution in [2.45, 2.75) is 30.5 Å². The van der Waals surface area contributed by atoms with Crippen LogP contribution in [0.4, 0.5) is 20.4 Å². The van der Waals surface area contributed by atoms with Crippen LogP contribution < -0.4 is 24.6 Å². The Morgan fingerprint density at radius 3 is 2.19 bits per heavy atom. The van der Waals surface area contributed by atoms with Gasteiger partial charge >= 0.3 is 0 Å². The zero-order valence-corrected chi connectivity index (χ0v) is 24.1. The smallest absolute Gasteiger partial charge is 0.251 e. The number of likely N-dealkylation sites (N-methyl/N-ethyl adjacent to an activating group) is 1. The first-order chi connectivity index (χ1) is 20.2. The van der Waals surface area contributed by atoms with E-state index in [4.69, 9.17) is 26.1 Å². The number of nitrogens with zero attached hydrogens (tertiary/aromatic N) is 4. The zero-order valence-electron chi connectivity index (χ0n) is 23.3. The fourth-order valence-electron chi connectivity index (χ4n) is 6.25. The van der Waals surface area contributed by atoms with Gasteiger partial charge in [-0.1, -0.05) is 11.6 Å². The quantitative estimate of drug-likeness (QED) is 0.443. The summed E-state index contributed by atoms with van der Waals surface area (Å²) in [6, 6.07) is 11.1. The second-order valence-electron chi connectivity index (χ2n) is 10.9. The van der Waals surface area contributed by atoms with Crippen molar-refractivity contribution in [3.63, 3.8) is 0 Å². The number of pyridine rings is 1. The first kappa shape index (κ1) is 28.2. The maximum Gasteiger partial charge on any atom is 0.251 e. The lowest BCUT2D eigenvalue weighted by atomic mass is 9.92. The van der Waals surface area contributed by atoms with Gasteiger partial charge in [0, 0.05) is 78.1 Å². The van der Waals surface area contributed by atoms with Crippen molar-refractivity contribution >= 4 is 35.1 Å². The molecule has 9 nitrogen and oxygen atoms in total. The highest BCUT2D eigenvalue weighted by atomic mass is 35.5. The average molecular weight is 598 g/mol. The number of halogens is 3. The Hall–Kier alpha value is -3.96. The van der Waals surface area contributed by atoms with Gasteiger partial charge in [-0.15, -0.1) is 0 Å². The maximum atomic E-state index is 15.4. The summed E-state index contributed by atoms with van der Waals surface area (Å²) in [7, 11) is 4.93. The number of methoxy groups -OCH3 is 2. The molecule has 4 heterocycles. The molecule has 1 aromatic heterocycles. The number of carbonyl (C=O) groups is 2. The molecule has 0 spiro atoms. The number of rotatable bonds is 7. The summed E-state index contributed by atoms with van der Waals surface area (Å²) in [5.74, 6) is -2.53. The Morgan fingerprint density at radius 1 is 0.952 bits per heavy atom. The van der Waals surface area contributed by atoms with E-state index < -0.39 is 35.4 Å². The van der Waals surface area contributed by atoms with Crippen molar-refractivity contribution in [1.82, 2.24) is 15.2 Å². The van der Waals surface area contributed by atoms with E-state index in [1.54, 1.807) is 18.2 Å². The van der Waals surface area contributed by atoms with Gasteiger partial charge in [-0.3, -0.25) is 19.4 Å². The van der Waals surface area contributed by atoms with Crippen molar-refractivity contribution in [3.05, 3.63) is 76.3 Å². The van der Waals surface area contributed by atoms with Gasteiger partial charge in [0.1, 0.15) is 40.8 Å². The zero-order chi connectivity index (χ0) is 29.7. The molecule has 2 aromatic carbocycles. The van der Waals surface area contributed by atoms with Crippen molar-refractivity contribution in [2.75, 3.05) is 50.7 Å². The Kier molecular flexibility index (Phi) is 7.40. The normalized spacial score (nSPS) is 23.5. The molecule has 3 saturated heterocycles. The van der Waals surface area contributed by atoms with Gasteiger partial charge in [0.05, 0.1) is 14.2 Å². The predicted octanol–water partition coefficient (Wildman–Crippen LogP) is 3.85. The van der Waals surface area contributed by atoms with E-state index in [2.05, 4.69) is 22.2 Å². The first-order valence-electron chi connectivity index (χ1n) is 13.6. The third-order valence-corrected chi connectivity index (χ3v) is 8.71. The summed E-state index contributed by atoms with van der Waals surface area (Å²) in [5, 5.41) is 3.15. The van der Waals surface area contributed by atoms with E-state index in [1.165, 1.54) is 31.3 Å². The topological polar surface area (TPSA) is 87.2 Å². The van der Waals surface area contributed by atoms with Crippen LogP contribution in [0.3, 0.4) is 0 Å². The number of anilines is 2. The van der Waals surface area contributed by atoms with Gasteiger partial charge in [0.2, 0.25) is 0 Å². The second kappa shape index (κ2) is 11.0. The molecule has 220 valence electrons. The SMILES string of the molecule is COc1cc(N2C[C@@H](c3c(F)cc(OC)cc3F)[C@H](NC(=O)c3ccc(Cl)cc3)C2=O)nc(N2C[C@@H]3C[C@H]2CN3C)c1. The van der Waals surface area contributed by atoms with Crippen LogP contribution in [0.5, 0.6) is 11.5 Å². The van der Waals surface area contributed by atoms with E-state index in [9.17, 15) is 9.59 Å². The van der Waals surface area contributed by atoms with Gasteiger partial charge < -0.3 is 19.7 Å². The molecular weight excluding hydrogens is 568 g/mol. The molecule has 6 rings (SSSR count). The molecule has 3 aromatic rings. The Labute approximate surface area is 247 Å². The fourth-order valence-corrected chi connectivity index (χ4v) is 6.37. The highest BCUT2D eigenvalue weighted by Crippen LogP contribution is 2.39. The summed E-state index contributed by atoms with van der Waals surface area (Å²) in [5.41, 5.74) is -0.0769. The van der Waals surface area contributed by atoms with Crippen LogP contribution in [0.2, 0.25) is 5.02 Å². The summed E-state index contributed by atoms with van der Waals surface area (Å²) in [6.07, 6.45) is 1.02. The molecule has 0 unspecified atom stereocenters. The van der Waals surface area contributed by atoms with E-state index >= 15 is 8.78 Å². The van der Waals surface area contributed by atoms with Gasteiger partial charge in [-0.05, 0) is 37.7 Å². The highest BCUT2D eigenvalue weighted by Gasteiger charge is 2.47. The van der Waals surface area contributed by atoms with Crippen LogP contribution in [0, 0.1) is 11.6 Å². The van der Waals surface area contributed by atoms with Gasteiger partial charge in [0.15, 0.2) is 0 Å². The van der Waals surface area contributed by atoms with E-state index in [1.807, 2.05) is 6.07 Å². The van der Waals surface area contributed by atoms with Crippen molar-refractivity contribution in [3.8, 4) is 11.5 Å². The fraction of sp³-hybridized carbons (Fsp3) is 0.367. The van der Waals surface area contributed by atoms with Crippen LogP contribution in [0.1, 0.15) is 28.3 Å². The third-order valence-electron chi connectivity index (χ3n) is 8.46. The Bertz CT molecular complexity index is 1520. The third kappa shape index (κ3) is 5.00. The lowest BCUT2D eigenvalue weighted by molar-refractivity contribution is -0.118. The van der Waals surface area contributed by atoms with Gasteiger partial charge in [0.25, 0.3) is 11.8 Å². The number of carbonyl (C=O) groups excluding carboxylic acids is 2. The van der Waals surface area contributed by atoms with Gasteiger partial charge in [-0.2, -0.15) is 0 Å². The van der Waals surface area contributed by atoms with Crippen LogP contribution in [-0.2, 0) is 4.79 Å². The van der Waals surface area contributed by atoms with Gasteiger partial charge in [-0.25, -0.2) is 13.8 Å². The predicted molar refractivity (Wildman–Crippen MR) is 154 cm³/mol. The number of piperazine rings is 1. The minimum atomic E-state index is -1.28. The number of likely N-dealkylation sites (tertiary alicyclic amines) is 1. The highest BCUT2D eigenvalue weighted by molar-refractivity contribution is 6.30. The maximum absolute atomic E-state index is 15.4. The molecule has 0 aliphatic carbocycles. The number of aromatic nitrogens is 1. The molecule has 4 atom stereocenters. The van der Waals surface area contributed by atoms with Crippen LogP contribution in [0.25, 0.3) is 0 Å². The Balaban J connectivity index is 1.37. The number of nitrogens with one attached hydrogen (secondary N) is 1. The van der Waals surface area contributed by atoms with Crippen molar-refractivity contribution in [2.24, 2.45) is 0 Å². The number of hydrogen-bond donors (Lipinski definition) is 1. The molecule has 0 radical (unpaired) electrons. The first-order valence-corrected chi connectivity index (χ1v) is 14.0.